The molecule has 0 saturated carbocycles. The Morgan fingerprint density at radius 1 is 1.29 bits per heavy atom. The van der Waals surface area contributed by atoms with Crippen molar-refractivity contribution in [2.75, 3.05) is 11.9 Å². The molecule has 1 atom stereocenters. The average molecular weight is 238 g/mol. The first-order valence-corrected chi connectivity index (χ1v) is 6.17. The summed E-state index contributed by atoms with van der Waals surface area (Å²) in [4.78, 5) is 2.11. The average Bonchev–Trinajstić information content (AvgIpc) is 2.27. The van der Waals surface area contributed by atoms with Gasteiger partial charge in [0.2, 0.25) is 0 Å². The summed E-state index contributed by atoms with van der Waals surface area (Å²) < 4.78 is 13.6. The van der Waals surface area contributed by atoms with E-state index < -0.39 is 0 Å². The minimum Gasteiger partial charge on any atom is -0.372 e. The molecule has 1 rings (SSSR count). The number of hydrogen-bond acceptors (Lipinski definition) is 2. The van der Waals surface area contributed by atoms with Crippen molar-refractivity contribution in [3.8, 4) is 0 Å². The van der Waals surface area contributed by atoms with Crippen molar-refractivity contribution in [1.82, 2.24) is 0 Å². The van der Waals surface area contributed by atoms with Crippen molar-refractivity contribution < 1.29 is 4.39 Å². The van der Waals surface area contributed by atoms with Crippen LogP contribution in [0.5, 0.6) is 0 Å². The molecule has 2 N–H and O–H groups in total. The summed E-state index contributed by atoms with van der Waals surface area (Å²) >= 11 is 0. The molecular formula is C14H23FN2. The first-order valence-electron chi connectivity index (χ1n) is 6.17. The van der Waals surface area contributed by atoms with Crippen molar-refractivity contribution in [3.05, 3.63) is 29.6 Å². The Kier molecular flexibility index (Phi) is 4.94. The molecule has 0 amide bonds. The normalized spacial score (nSPS) is 12.9. The van der Waals surface area contributed by atoms with Gasteiger partial charge < -0.3 is 10.6 Å². The van der Waals surface area contributed by atoms with Gasteiger partial charge in [-0.3, -0.25) is 0 Å². The van der Waals surface area contributed by atoms with E-state index in [2.05, 4.69) is 25.7 Å². The Bertz CT molecular complexity index is 363. The van der Waals surface area contributed by atoms with Gasteiger partial charge in [-0.25, -0.2) is 4.39 Å². The van der Waals surface area contributed by atoms with Crippen molar-refractivity contribution >= 4 is 5.69 Å². The monoisotopic (exact) mass is 238 g/mol. The first kappa shape index (κ1) is 14.0. The third-order valence-corrected chi connectivity index (χ3v) is 3.14. The number of nitrogens with zero attached hydrogens (tertiary/aromatic N) is 1. The lowest BCUT2D eigenvalue weighted by Crippen LogP contribution is -2.30. The molecule has 17 heavy (non-hydrogen) atoms. The minimum absolute atomic E-state index is 0.214. The largest absolute Gasteiger partial charge is 0.372 e. The van der Waals surface area contributed by atoms with Gasteiger partial charge in [-0.05, 0) is 31.4 Å². The molecule has 0 fully saturated rings. The highest BCUT2D eigenvalue weighted by molar-refractivity contribution is 5.48. The van der Waals surface area contributed by atoms with Crippen LogP contribution in [0.25, 0.3) is 0 Å². The molecule has 0 radical (unpaired) electrons. The maximum atomic E-state index is 13.6. The van der Waals surface area contributed by atoms with E-state index in [9.17, 15) is 4.39 Å². The molecule has 0 heterocycles. The van der Waals surface area contributed by atoms with Crippen molar-refractivity contribution in [3.63, 3.8) is 0 Å². The fraction of sp³-hybridized carbons (Fsp3) is 0.571. The van der Waals surface area contributed by atoms with E-state index in [0.717, 1.165) is 12.1 Å². The van der Waals surface area contributed by atoms with E-state index in [-0.39, 0.29) is 12.4 Å². The van der Waals surface area contributed by atoms with Crippen LogP contribution in [0.1, 0.15) is 32.8 Å². The van der Waals surface area contributed by atoms with Gasteiger partial charge in [0.05, 0.1) is 0 Å². The van der Waals surface area contributed by atoms with Gasteiger partial charge in [0.25, 0.3) is 0 Å². The van der Waals surface area contributed by atoms with E-state index in [0.29, 0.717) is 17.5 Å². The summed E-state index contributed by atoms with van der Waals surface area (Å²) in [6.45, 7) is 6.80. The third kappa shape index (κ3) is 3.70. The quantitative estimate of drug-likeness (QED) is 0.853. The van der Waals surface area contributed by atoms with Crippen LogP contribution in [-0.4, -0.2) is 13.1 Å². The number of rotatable bonds is 5. The molecule has 96 valence electrons. The topological polar surface area (TPSA) is 29.3 Å². The summed E-state index contributed by atoms with van der Waals surface area (Å²) in [5, 5.41) is 0. The van der Waals surface area contributed by atoms with Crippen LogP contribution in [0.2, 0.25) is 0 Å². The SMILES string of the molecule is CC(C)CC(C)N(C)c1ccc(CN)c(F)c1. The van der Waals surface area contributed by atoms with Gasteiger partial charge in [0.15, 0.2) is 0 Å². The highest BCUT2D eigenvalue weighted by Crippen LogP contribution is 2.21. The summed E-state index contributed by atoms with van der Waals surface area (Å²) in [5.74, 6) is 0.425. The van der Waals surface area contributed by atoms with Crippen LogP contribution in [0.4, 0.5) is 10.1 Å². The molecule has 0 aliphatic rings. The smallest absolute Gasteiger partial charge is 0.129 e. The molecule has 0 bridgehead atoms. The molecule has 0 saturated heterocycles. The standard InChI is InChI=1S/C14H23FN2/c1-10(2)7-11(3)17(4)13-6-5-12(9-16)14(15)8-13/h5-6,8,10-11H,7,9,16H2,1-4H3. The lowest BCUT2D eigenvalue weighted by molar-refractivity contribution is 0.503. The van der Waals surface area contributed by atoms with Crippen molar-refractivity contribution in [2.24, 2.45) is 11.7 Å². The maximum Gasteiger partial charge on any atom is 0.129 e. The molecule has 3 heteroatoms. The highest BCUT2D eigenvalue weighted by Gasteiger charge is 2.13. The van der Waals surface area contributed by atoms with Crippen LogP contribution in [-0.2, 0) is 6.54 Å². The summed E-state index contributed by atoms with van der Waals surface area (Å²) in [7, 11) is 2.00. The lowest BCUT2D eigenvalue weighted by Gasteiger charge is -2.28. The Hall–Kier alpha value is -1.09. The van der Waals surface area contributed by atoms with Gasteiger partial charge in [-0.1, -0.05) is 19.9 Å². The van der Waals surface area contributed by atoms with Crippen molar-refractivity contribution in [1.29, 1.82) is 0 Å². The van der Waals surface area contributed by atoms with Crippen molar-refractivity contribution in [2.45, 2.75) is 39.8 Å². The van der Waals surface area contributed by atoms with Crippen LogP contribution in [0, 0.1) is 11.7 Å². The maximum absolute atomic E-state index is 13.6. The Labute approximate surface area is 104 Å². The Balaban J connectivity index is 2.82. The van der Waals surface area contributed by atoms with Gasteiger partial charge in [-0.15, -0.1) is 0 Å². The molecule has 0 aromatic heterocycles. The molecule has 1 unspecified atom stereocenters. The predicted octanol–water partition coefficient (Wildman–Crippen LogP) is 3.16. The van der Waals surface area contributed by atoms with Crippen LogP contribution >= 0.6 is 0 Å². The predicted molar refractivity (Wildman–Crippen MR) is 71.6 cm³/mol. The van der Waals surface area contributed by atoms with Gasteiger partial charge in [-0.2, -0.15) is 0 Å². The van der Waals surface area contributed by atoms with Crippen LogP contribution in [0.3, 0.4) is 0 Å². The van der Waals surface area contributed by atoms with Crippen LogP contribution < -0.4 is 10.6 Å². The molecule has 0 aliphatic carbocycles. The number of hydrogen-bond donors (Lipinski definition) is 1. The number of benzene rings is 1. The number of nitrogens with two attached hydrogens (primary N) is 1. The second kappa shape index (κ2) is 6.01. The second-order valence-corrected chi connectivity index (χ2v) is 5.07. The summed E-state index contributed by atoms with van der Waals surface area (Å²) in [6, 6.07) is 5.67. The van der Waals surface area contributed by atoms with E-state index >= 15 is 0 Å². The Morgan fingerprint density at radius 2 is 1.94 bits per heavy atom. The fourth-order valence-corrected chi connectivity index (χ4v) is 2.02. The number of halogens is 1. The van der Waals surface area contributed by atoms with E-state index in [1.807, 2.05) is 13.1 Å². The molecule has 1 aromatic carbocycles. The highest BCUT2D eigenvalue weighted by atomic mass is 19.1. The summed E-state index contributed by atoms with van der Waals surface area (Å²) in [6.07, 6.45) is 1.09. The molecule has 2 nitrogen and oxygen atoms in total. The van der Waals surface area contributed by atoms with Gasteiger partial charge >= 0.3 is 0 Å². The van der Waals surface area contributed by atoms with E-state index in [1.165, 1.54) is 0 Å². The molecular weight excluding hydrogens is 215 g/mol. The second-order valence-electron chi connectivity index (χ2n) is 5.07. The van der Waals surface area contributed by atoms with E-state index in [4.69, 9.17) is 5.73 Å². The Morgan fingerprint density at radius 3 is 2.41 bits per heavy atom. The third-order valence-electron chi connectivity index (χ3n) is 3.14. The van der Waals surface area contributed by atoms with Crippen LogP contribution in [0.15, 0.2) is 18.2 Å². The van der Waals surface area contributed by atoms with Gasteiger partial charge in [0, 0.05) is 30.9 Å². The summed E-state index contributed by atoms with van der Waals surface area (Å²) in [5.41, 5.74) is 6.93. The zero-order valence-electron chi connectivity index (χ0n) is 11.2. The fourth-order valence-electron chi connectivity index (χ4n) is 2.02. The molecule has 0 aliphatic heterocycles. The molecule has 0 spiro atoms. The van der Waals surface area contributed by atoms with Gasteiger partial charge in [0.1, 0.15) is 5.82 Å². The molecule has 1 aromatic rings. The first-order chi connectivity index (χ1) is 7.95. The zero-order valence-corrected chi connectivity index (χ0v) is 11.2. The lowest BCUT2D eigenvalue weighted by atomic mass is 10.0. The van der Waals surface area contributed by atoms with E-state index in [1.54, 1.807) is 12.1 Å². The zero-order chi connectivity index (χ0) is 13.0. The number of anilines is 1. The minimum atomic E-state index is -0.214.